The summed E-state index contributed by atoms with van der Waals surface area (Å²) in [5.41, 5.74) is 3.18. The second kappa shape index (κ2) is 6.96. The highest BCUT2D eigenvalue weighted by molar-refractivity contribution is 6.21. The Balaban J connectivity index is 1.68. The van der Waals surface area contributed by atoms with Crippen molar-refractivity contribution in [3.8, 4) is 0 Å². The van der Waals surface area contributed by atoms with E-state index in [1.165, 1.54) is 10.5 Å². The molecule has 3 aromatic rings. The van der Waals surface area contributed by atoms with Crippen LogP contribution in [0.5, 0.6) is 0 Å². The van der Waals surface area contributed by atoms with E-state index in [1.54, 1.807) is 24.3 Å². The fourth-order valence-electron chi connectivity index (χ4n) is 3.56. The number of nitrogens with zero attached hydrogens (tertiary/aromatic N) is 1. The average Bonchev–Trinajstić information content (AvgIpc) is 2.95. The Kier molecular flexibility index (Phi) is 4.36. The lowest BCUT2D eigenvalue weighted by atomic mass is 9.97. The van der Waals surface area contributed by atoms with E-state index in [0.29, 0.717) is 17.5 Å². The number of rotatable bonds is 5. The molecule has 0 radical (unpaired) electrons. The number of hydrogen-bond donors (Lipinski definition) is 0. The van der Waals surface area contributed by atoms with Crippen LogP contribution in [-0.2, 0) is 6.42 Å². The Morgan fingerprint density at radius 3 is 1.73 bits per heavy atom. The van der Waals surface area contributed by atoms with Crippen LogP contribution in [0.3, 0.4) is 0 Å². The summed E-state index contributed by atoms with van der Waals surface area (Å²) in [4.78, 5) is 27.3. The van der Waals surface area contributed by atoms with E-state index < -0.39 is 0 Å². The van der Waals surface area contributed by atoms with Crippen molar-refractivity contribution in [3.63, 3.8) is 0 Å². The zero-order valence-electron chi connectivity index (χ0n) is 14.3. The molecule has 1 heterocycles. The van der Waals surface area contributed by atoms with E-state index in [0.717, 1.165) is 12.0 Å². The maximum absolute atomic E-state index is 12.9. The van der Waals surface area contributed by atoms with Gasteiger partial charge in [0.2, 0.25) is 0 Å². The Morgan fingerprint density at radius 1 is 0.654 bits per heavy atom. The topological polar surface area (TPSA) is 37.4 Å². The number of aryl methyl sites for hydroxylation is 1. The van der Waals surface area contributed by atoms with Gasteiger partial charge in [0.15, 0.2) is 0 Å². The largest absolute Gasteiger partial charge is 0.269 e. The van der Waals surface area contributed by atoms with Crippen molar-refractivity contribution in [1.29, 1.82) is 0 Å². The standard InChI is InChI=1S/C23H19NO2/c25-22-19-13-7-8-14-20(19)23(26)24(22)21(18-11-5-2-6-12-18)16-15-17-9-3-1-4-10-17/h1-14,21H,15-16H2/t21-/m1/s1. The second-order valence-corrected chi connectivity index (χ2v) is 6.48. The summed E-state index contributed by atoms with van der Waals surface area (Å²) in [5.74, 6) is -0.403. The zero-order valence-corrected chi connectivity index (χ0v) is 14.3. The third kappa shape index (κ3) is 2.92. The number of imide groups is 1. The molecule has 0 aliphatic carbocycles. The van der Waals surface area contributed by atoms with Gasteiger partial charge in [-0.25, -0.2) is 0 Å². The van der Waals surface area contributed by atoms with Gasteiger partial charge in [-0.3, -0.25) is 14.5 Å². The van der Waals surface area contributed by atoms with Crippen LogP contribution in [0.15, 0.2) is 84.9 Å². The first-order valence-corrected chi connectivity index (χ1v) is 8.81. The smallest absolute Gasteiger partial charge is 0.262 e. The minimum Gasteiger partial charge on any atom is -0.269 e. The number of carbonyl (C=O) groups is 2. The predicted octanol–water partition coefficient (Wildman–Crippen LogP) is 4.66. The molecule has 3 nitrogen and oxygen atoms in total. The van der Waals surface area contributed by atoms with Crippen LogP contribution in [0, 0.1) is 0 Å². The molecule has 26 heavy (non-hydrogen) atoms. The third-order valence-corrected chi connectivity index (χ3v) is 4.87. The van der Waals surface area contributed by atoms with E-state index in [2.05, 4.69) is 12.1 Å². The van der Waals surface area contributed by atoms with Crippen molar-refractivity contribution < 1.29 is 9.59 Å². The molecule has 0 saturated heterocycles. The van der Waals surface area contributed by atoms with Crippen LogP contribution in [-0.4, -0.2) is 16.7 Å². The molecule has 0 unspecified atom stereocenters. The van der Waals surface area contributed by atoms with Gasteiger partial charge in [0.25, 0.3) is 11.8 Å². The minimum absolute atomic E-state index is 0.201. The van der Waals surface area contributed by atoms with Gasteiger partial charge in [-0.15, -0.1) is 0 Å². The normalized spacial score (nSPS) is 14.4. The highest BCUT2D eigenvalue weighted by Crippen LogP contribution is 2.34. The molecule has 0 N–H and O–H groups in total. The lowest BCUT2D eigenvalue weighted by Crippen LogP contribution is -2.34. The maximum Gasteiger partial charge on any atom is 0.262 e. The van der Waals surface area contributed by atoms with E-state index in [-0.39, 0.29) is 17.9 Å². The van der Waals surface area contributed by atoms with Gasteiger partial charge < -0.3 is 0 Å². The fraction of sp³-hybridized carbons (Fsp3) is 0.130. The predicted molar refractivity (Wildman–Crippen MR) is 101 cm³/mol. The molecule has 0 fully saturated rings. The molecule has 0 spiro atoms. The van der Waals surface area contributed by atoms with Crippen LogP contribution < -0.4 is 0 Å². The Morgan fingerprint density at radius 2 is 1.15 bits per heavy atom. The monoisotopic (exact) mass is 341 g/mol. The number of benzene rings is 3. The van der Waals surface area contributed by atoms with Crippen molar-refractivity contribution in [3.05, 3.63) is 107 Å². The van der Waals surface area contributed by atoms with E-state index in [4.69, 9.17) is 0 Å². The fourth-order valence-corrected chi connectivity index (χ4v) is 3.56. The Labute approximate surface area is 152 Å². The molecule has 0 bridgehead atoms. The lowest BCUT2D eigenvalue weighted by Gasteiger charge is -2.27. The van der Waals surface area contributed by atoms with Crippen molar-refractivity contribution in [2.75, 3.05) is 0 Å². The number of carbonyl (C=O) groups excluding carboxylic acids is 2. The quantitative estimate of drug-likeness (QED) is 0.633. The van der Waals surface area contributed by atoms with E-state index in [9.17, 15) is 9.59 Å². The number of amides is 2. The van der Waals surface area contributed by atoms with E-state index in [1.807, 2.05) is 48.5 Å². The summed E-state index contributed by atoms with van der Waals surface area (Å²) in [6, 6.07) is 26.8. The summed E-state index contributed by atoms with van der Waals surface area (Å²) in [7, 11) is 0. The number of hydrogen-bond acceptors (Lipinski definition) is 2. The Hall–Kier alpha value is -3.20. The van der Waals surface area contributed by atoms with Gasteiger partial charge in [-0.2, -0.15) is 0 Å². The van der Waals surface area contributed by atoms with Crippen LogP contribution in [0.25, 0.3) is 0 Å². The molecule has 4 rings (SSSR count). The maximum atomic E-state index is 12.9. The molecule has 0 saturated carbocycles. The van der Waals surface area contributed by atoms with Gasteiger partial charge >= 0.3 is 0 Å². The van der Waals surface area contributed by atoms with Gasteiger partial charge in [0.1, 0.15) is 0 Å². The molecule has 1 aliphatic heterocycles. The molecular formula is C23H19NO2. The third-order valence-electron chi connectivity index (χ3n) is 4.87. The van der Waals surface area contributed by atoms with Gasteiger partial charge in [0.05, 0.1) is 17.2 Å². The summed E-state index contributed by atoms with van der Waals surface area (Å²) in [6.45, 7) is 0. The first-order chi connectivity index (χ1) is 12.8. The van der Waals surface area contributed by atoms with Crippen LogP contribution in [0.4, 0.5) is 0 Å². The molecular weight excluding hydrogens is 322 g/mol. The van der Waals surface area contributed by atoms with Crippen LogP contribution >= 0.6 is 0 Å². The Bertz CT molecular complexity index is 900. The summed E-state index contributed by atoms with van der Waals surface area (Å²) in [5, 5.41) is 0. The average molecular weight is 341 g/mol. The second-order valence-electron chi connectivity index (χ2n) is 6.48. The lowest BCUT2D eigenvalue weighted by molar-refractivity contribution is 0.0574. The van der Waals surface area contributed by atoms with Gasteiger partial charge in [-0.1, -0.05) is 72.8 Å². The summed E-state index contributed by atoms with van der Waals surface area (Å²) < 4.78 is 0. The molecule has 128 valence electrons. The van der Waals surface area contributed by atoms with Crippen LogP contribution in [0.1, 0.15) is 44.3 Å². The highest BCUT2D eigenvalue weighted by Gasteiger charge is 2.40. The van der Waals surface area contributed by atoms with Gasteiger partial charge in [0, 0.05) is 0 Å². The van der Waals surface area contributed by atoms with Crippen molar-refractivity contribution >= 4 is 11.8 Å². The van der Waals surface area contributed by atoms with Crippen LogP contribution in [0.2, 0.25) is 0 Å². The molecule has 2 amide bonds. The van der Waals surface area contributed by atoms with Crippen molar-refractivity contribution in [2.45, 2.75) is 18.9 Å². The summed E-state index contributed by atoms with van der Waals surface area (Å²) >= 11 is 0. The molecule has 1 atom stereocenters. The first kappa shape index (κ1) is 16.3. The summed E-state index contributed by atoms with van der Waals surface area (Å²) in [6.07, 6.45) is 1.49. The molecule has 3 aromatic carbocycles. The first-order valence-electron chi connectivity index (χ1n) is 8.81. The molecule has 3 heteroatoms. The highest BCUT2D eigenvalue weighted by atomic mass is 16.2. The minimum atomic E-state index is -0.274. The van der Waals surface area contributed by atoms with Gasteiger partial charge in [-0.05, 0) is 36.1 Å². The molecule has 0 aromatic heterocycles. The zero-order chi connectivity index (χ0) is 17.9. The molecule has 1 aliphatic rings. The van der Waals surface area contributed by atoms with E-state index >= 15 is 0 Å². The van der Waals surface area contributed by atoms with Crippen molar-refractivity contribution in [2.24, 2.45) is 0 Å². The number of fused-ring (bicyclic) bond motifs is 1. The SMILES string of the molecule is O=C1c2ccccc2C(=O)N1[C@H](CCc1ccccc1)c1ccccc1. The van der Waals surface area contributed by atoms with Crippen molar-refractivity contribution in [1.82, 2.24) is 4.90 Å².